The van der Waals surface area contributed by atoms with Crippen LogP contribution in [0.25, 0.3) is 10.2 Å². The molecule has 14 heavy (non-hydrogen) atoms. The van der Waals surface area contributed by atoms with Gasteiger partial charge >= 0.3 is 0 Å². The minimum atomic E-state index is -0.306. The van der Waals surface area contributed by atoms with Crippen molar-refractivity contribution in [1.29, 1.82) is 0 Å². The highest BCUT2D eigenvalue weighted by atomic mass is 32.1. The molecule has 1 aliphatic heterocycles. The average Bonchev–Trinajstić information content (AvgIpc) is 2.88. The van der Waals surface area contributed by atoms with Crippen LogP contribution in [0.3, 0.4) is 0 Å². The van der Waals surface area contributed by atoms with Gasteiger partial charge in [-0.25, -0.2) is 4.98 Å². The molecular formula is C10H7NO2S. The first kappa shape index (κ1) is 7.82. The first-order valence-corrected chi connectivity index (χ1v) is 5.11. The van der Waals surface area contributed by atoms with Gasteiger partial charge in [0.15, 0.2) is 0 Å². The quantitative estimate of drug-likeness (QED) is 0.717. The van der Waals surface area contributed by atoms with Crippen molar-refractivity contribution in [2.24, 2.45) is 0 Å². The number of fused-ring (bicyclic) bond motifs is 1. The normalized spacial score (nSPS) is 15.7. The molecule has 0 bridgehead atoms. The van der Waals surface area contributed by atoms with Crippen molar-refractivity contribution in [3.8, 4) is 0 Å². The molecular weight excluding hydrogens is 198 g/mol. The zero-order valence-corrected chi connectivity index (χ0v) is 8.03. The molecule has 2 heterocycles. The first-order chi connectivity index (χ1) is 6.95. The molecule has 70 valence electrons. The summed E-state index contributed by atoms with van der Waals surface area (Å²) >= 11 is 1.60. The summed E-state index contributed by atoms with van der Waals surface area (Å²) in [5.74, 6) is 0. The number of aromatic nitrogens is 1. The van der Waals surface area contributed by atoms with Gasteiger partial charge in [0.25, 0.3) is 6.29 Å². The van der Waals surface area contributed by atoms with Crippen LogP contribution < -0.4 is 0 Å². The maximum absolute atomic E-state index is 5.29. The van der Waals surface area contributed by atoms with E-state index in [1.807, 2.05) is 23.7 Å². The third-order valence-electron chi connectivity index (χ3n) is 2.10. The number of rotatable bonds is 1. The molecule has 0 amide bonds. The third-order valence-corrected chi connectivity index (χ3v) is 2.99. The van der Waals surface area contributed by atoms with Crippen LogP contribution in [0.15, 0.2) is 36.2 Å². The maximum Gasteiger partial charge on any atom is 0.267 e. The predicted octanol–water partition coefficient (Wildman–Crippen LogP) is 2.81. The lowest BCUT2D eigenvalue weighted by molar-refractivity contribution is -0.0233. The molecule has 0 fully saturated rings. The van der Waals surface area contributed by atoms with E-state index in [4.69, 9.17) is 9.47 Å². The fraction of sp³-hybridized carbons (Fsp3) is 0.100. The van der Waals surface area contributed by atoms with Gasteiger partial charge in [0.2, 0.25) is 0 Å². The Bertz CT molecular complexity index is 484. The van der Waals surface area contributed by atoms with E-state index in [1.54, 1.807) is 23.9 Å². The van der Waals surface area contributed by atoms with E-state index in [2.05, 4.69) is 4.98 Å². The van der Waals surface area contributed by atoms with Crippen LogP contribution in [0, 0.1) is 0 Å². The highest BCUT2D eigenvalue weighted by Crippen LogP contribution is 2.32. The third kappa shape index (κ3) is 1.08. The Morgan fingerprint density at radius 3 is 2.93 bits per heavy atom. The lowest BCUT2D eigenvalue weighted by atomic mass is 10.2. The van der Waals surface area contributed by atoms with Gasteiger partial charge in [-0.3, -0.25) is 0 Å². The standard InChI is InChI=1S/C10H7NO2S/c1-2-7(10-12-4-5-13-10)9-8(3-1)11-6-14-9/h1-6,10H. The van der Waals surface area contributed by atoms with E-state index in [-0.39, 0.29) is 6.29 Å². The molecule has 3 rings (SSSR count). The van der Waals surface area contributed by atoms with Crippen molar-refractivity contribution >= 4 is 21.6 Å². The summed E-state index contributed by atoms with van der Waals surface area (Å²) in [6, 6.07) is 5.94. The molecule has 0 unspecified atom stereocenters. The summed E-state index contributed by atoms with van der Waals surface area (Å²) < 4.78 is 11.7. The van der Waals surface area contributed by atoms with E-state index >= 15 is 0 Å². The molecule has 1 aromatic heterocycles. The molecule has 1 aromatic carbocycles. The topological polar surface area (TPSA) is 31.4 Å². The Hall–Kier alpha value is -1.55. The number of thiazole rings is 1. The Labute approximate surface area is 84.6 Å². The maximum atomic E-state index is 5.29. The van der Waals surface area contributed by atoms with Crippen LogP contribution in [0.2, 0.25) is 0 Å². The van der Waals surface area contributed by atoms with Crippen LogP contribution in [0.4, 0.5) is 0 Å². The second kappa shape index (κ2) is 2.99. The van der Waals surface area contributed by atoms with Gasteiger partial charge in [-0.2, -0.15) is 0 Å². The molecule has 0 radical (unpaired) electrons. The molecule has 3 nitrogen and oxygen atoms in total. The Balaban J connectivity index is 2.15. The first-order valence-electron chi connectivity index (χ1n) is 4.23. The number of hydrogen-bond acceptors (Lipinski definition) is 4. The minimum Gasteiger partial charge on any atom is -0.455 e. The summed E-state index contributed by atoms with van der Waals surface area (Å²) in [4.78, 5) is 4.24. The van der Waals surface area contributed by atoms with Crippen molar-refractivity contribution in [3.63, 3.8) is 0 Å². The smallest absolute Gasteiger partial charge is 0.267 e. The fourth-order valence-corrected chi connectivity index (χ4v) is 2.29. The zero-order valence-electron chi connectivity index (χ0n) is 7.21. The summed E-state index contributed by atoms with van der Waals surface area (Å²) in [7, 11) is 0. The van der Waals surface area contributed by atoms with Gasteiger partial charge in [-0.05, 0) is 12.1 Å². The lowest BCUT2D eigenvalue weighted by Gasteiger charge is -2.10. The van der Waals surface area contributed by atoms with Gasteiger partial charge in [0.1, 0.15) is 12.5 Å². The SMILES string of the molecule is C1=COC(c2cccc3ncsc23)O1. The molecule has 0 N–H and O–H groups in total. The number of nitrogens with zero attached hydrogens (tertiary/aromatic N) is 1. The monoisotopic (exact) mass is 205 g/mol. The predicted molar refractivity (Wildman–Crippen MR) is 53.7 cm³/mol. The number of ether oxygens (including phenoxy) is 2. The van der Waals surface area contributed by atoms with Crippen molar-refractivity contribution < 1.29 is 9.47 Å². The van der Waals surface area contributed by atoms with Crippen LogP contribution in [0.1, 0.15) is 11.9 Å². The van der Waals surface area contributed by atoms with Gasteiger partial charge in [-0.15, -0.1) is 11.3 Å². The van der Waals surface area contributed by atoms with Gasteiger partial charge in [0, 0.05) is 0 Å². The van der Waals surface area contributed by atoms with Gasteiger partial charge in [0.05, 0.1) is 21.3 Å². The van der Waals surface area contributed by atoms with Crippen LogP contribution >= 0.6 is 11.3 Å². The van der Waals surface area contributed by atoms with Crippen molar-refractivity contribution in [1.82, 2.24) is 4.98 Å². The second-order valence-electron chi connectivity index (χ2n) is 2.92. The molecule has 0 saturated carbocycles. The molecule has 0 atom stereocenters. The molecule has 0 spiro atoms. The summed E-state index contributed by atoms with van der Waals surface area (Å²) in [6.07, 6.45) is 2.81. The van der Waals surface area contributed by atoms with E-state index < -0.39 is 0 Å². The van der Waals surface area contributed by atoms with Crippen LogP contribution in [-0.4, -0.2) is 4.98 Å². The number of hydrogen-bond donors (Lipinski definition) is 0. The van der Waals surface area contributed by atoms with E-state index in [0.717, 1.165) is 15.8 Å². The molecule has 1 aliphatic rings. The van der Waals surface area contributed by atoms with Crippen molar-refractivity contribution in [2.75, 3.05) is 0 Å². The molecule has 4 heteroatoms. The Morgan fingerprint density at radius 2 is 2.07 bits per heavy atom. The highest BCUT2D eigenvalue weighted by Gasteiger charge is 2.18. The van der Waals surface area contributed by atoms with Gasteiger partial charge < -0.3 is 9.47 Å². The fourth-order valence-electron chi connectivity index (χ4n) is 1.48. The minimum absolute atomic E-state index is 0.306. The summed E-state index contributed by atoms with van der Waals surface area (Å²) in [5, 5.41) is 0. The summed E-state index contributed by atoms with van der Waals surface area (Å²) in [6.45, 7) is 0. The van der Waals surface area contributed by atoms with Crippen LogP contribution in [0.5, 0.6) is 0 Å². The second-order valence-corrected chi connectivity index (χ2v) is 3.78. The lowest BCUT2D eigenvalue weighted by Crippen LogP contribution is -1.97. The molecule has 0 saturated heterocycles. The Morgan fingerprint density at radius 1 is 1.21 bits per heavy atom. The average molecular weight is 205 g/mol. The van der Waals surface area contributed by atoms with E-state index in [0.29, 0.717) is 0 Å². The van der Waals surface area contributed by atoms with Gasteiger partial charge in [-0.1, -0.05) is 6.07 Å². The largest absolute Gasteiger partial charge is 0.455 e. The highest BCUT2D eigenvalue weighted by molar-refractivity contribution is 7.16. The van der Waals surface area contributed by atoms with E-state index in [9.17, 15) is 0 Å². The number of benzene rings is 1. The summed E-state index contributed by atoms with van der Waals surface area (Å²) in [5.41, 5.74) is 3.86. The van der Waals surface area contributed by atoms with Crippen molar-refractivity contribution in [3.05, 3.63) is 41.8 Å². The molecule has 2 aromatic rings. The zero-order chi connectivity index (χ0) is 9.38. The van der Waals surface area contributed by atoms with E-state index in [1.165, 1.54) is 0 Å². The molecule has 0 aliphatic carbocycles. The van der Waals surface area contributed by atoms with Crippen LogP contribution in [-0.2, 0) is 9.47 Å². The van der Waals surface area contributed by atoms with Crippen molar-refractivity contribution in [2.45, 2.75) is 6.29 Å². The Kier molecular flexibility index (Phi) is 1.67.